The van der Waals surface area contributed by atoms with Crippen LogP contribution in [0.5, 0.6) is 0 Å². The van der Waals surface area contributed by atoms with Crippen LogP contribution >= 0.6 is 0 Å². The van der Waals surface area contributed by atoms with Gasteiger partial charge in [-0.15, -0.1) is 10.2 Å². The number of aryl methyl sites for hydroxylation is 2. The Labute approximate surface area is 363 Å². The van der Waals surface area contributed by atoms with Crippen molar-refractivity contribution in [2.75, 3.05) is 88.6 Å². The van der Waals surface area contributed by atoms with Crippen LogP contribution in [0.1, 0.15) is 45.6 Å². The van der Waals surface area contributed by atoms with Crippen molar-refractivity contribution in [3.05, 3.63) is 89.1 Å². The van der Waals surface area contributed by atoms with Gasteiger partial charge in [-0.1, -0.05) is 6.07 Å². The number of hydrogen-bond acceptors (Lipinski definition) is 10. The van der Waals surface area contributed by atoms with Crippen LogP contribution in [0.2, 0.25) is 0 Å². The average Bonchev–Trinajstić information content (AvgIpc) is 3.95. The fourth-order valence-electron chi connectivity index (χ4n) is 8.35. The van der Waals surface area contributed by atoms with Gasteiger partial charge in [-0.05, 0) is 62.7 Å². The predicted molar refractivity (Wildman–Crippen MR) is 232 cm³/mol. The van der Waals surface area contributed by atoms with Gasteiger partial charge in [-0.25, -0.2) is 13.8 Å². The number of amides is 4. The van der Waals surface area contributed by atoms with Crippen molar-refractivity contribution in [1.29, 1.82) is 0 Å². The Morgan fingerprint density at radius 3 is 2.29 bits per heavy atom. The standard InChI is InChI=1S/C44H52F2N12O5/c1-7-54(19-21-59)37-13-12-36(50-51-37)49-38(60)25-57-24-34(28(3)52-57)32-10-11-33(40(46)39(32)45)35-23-47-41(53(35)4)42(61)48-30-8-9-31(27(2)22-30)44(63)56-17-15-55(16-18-56)43(62)29-14-20-58(5,6)26-29/h8-13,22-24,29,59H,7,14-21,25-26H2,1-6H3,(H-,48,49,50,60,61,63)/p+1. The van der Waals surface area contributed by atoms with Gasteiger partial charge < -0.3 is 39.5 Å². The lowest BCUT2D eigenvalue weighted by Crippen LogP contribution is -2.52. The molecule has 63 heavy (non-hydrogen) atoms. The van der Waals surface area contributed by atoms with Crippen molar-refractivity contribution in [1.82, 2.24) is 39.3 Å². The molecule has 3 N–H and O–H groups in total. The van der Waals surface area contributed by atoms with Crippen molar-refractivity contribution in [2.45, 2.75) is 33.7 Å². The maximum atomic E-state index is 15.8. The number of aliphatic hydroxyl groups is 1. The highest BCUT2D eigenvalue weighted by Gasteiger charge is 2.39. The first-order valence-corrected chi connectivity index (χ1v) is 20.9. The second-order valence-corrected chi connectivity index (χ2v) is 16.7. The number of aliphatic hydroxyl groups excluding tert-OH is 1. The second-order valence-electron chi connectivity index (χ2n) is 16.7. The van der Waals surface area contributed by atoms with Crippen molar-refractivity contribution < 1.29 is 37.5 Å². The summed E-state index contributed by atoms with van der Waals surface area (Å²) in [4.78, 5) is 62.6. The summed E-state index contributed by atoms with van der Waals surface area (Å²) in [7, 11) is 5.80. The van der Waals surface area contributed by atoms with E-state index in [1.165, 1.54) is 40.8 Å². The van der Waals surface area contributed by atoms with E-state index in [1.54, 1.807) is 49.1 Å². The van der Waals surface area contributed by atoms with Crippen molar-refractivity contribution >= 4 is 41.0 Å². The highest BCUT2D eigenvalue weighted by atomic mass is 19.2. The third kappa shape index (κ3) is 9.58. The van der Waals surface area contributed by atoms with Crippen LogP contribution in [0.4, 0.5) is 26.1 Å². The predicted octanol–water partition coefficient (Wildman–Crippen LogP) is 3.73. The molecule has 0 radical (unpaired) electrons. The van der Waals surface area contributed by atoms with Crippen LogP contribution < -0.4 is 15.5 Å². The molecule has 1 unspecified atom stereocenters. The number of benzene rings is 2. The van der Waals surface area contributed by atoms with Crippen molar-refractivity contribution in [3.63, 3.8) is 0 Å². The smallest absolute Gasteiger partial charge is 0.291 e. The first-order chi connectivity index (χ1) is 30.1. The minimum atomic E-state index is -1.16. The summed E-state index contributed by atoms with van der Waals surface area (Å²) in [5.41, 5.74) is 2.18. The summed E-state index contributed by atoms with van der Waals surface area (Å²) in [6, 6.07) is 11.0. The Morgan fingerprint density at radius 2 is 1.63 bits per heavy atom. The maximum Gasteiger partial charge on any atom is 0.291 e. The topological polar surface area (TPSA) is 184 Å². The Morgan fingerprint density at radius 1 is 0.921 bits per heavy atom. The van der Waals surface area contributed by atoms with Gasteiger partial charge in [0.15, 0.2) is 29.1 Å². The van der Waals surface area contributed by atoms with Crippen LogP contribution in [0, 0.1) is 31.4 Å². The van der Waals surface area contributed by atoms with Gasteiger partial charge >= 0.3 is 0 Å². The van der Waals surface area contributed by atoms with E-state index in [0.717, 1.165) is 24.0 Å². The van der Waals surface area contributed by atoms with E-state index in [0.29, 0.717) is 67.6 Å². The van der Waals surface area contributed by atoms with Gasteiger partial charge in [0.1, 0.15) is 6.54 Å². The molecule has 3 aromatic heterocycles. The molecular weight excluding hydrogens is 815 g/mol. The zero-order valence-electron chi connectivity index (χ0n) is 36.4. The Kier molecular flexibility index (Phi) is 13.0. The molecule has 4 amide bonds. The van der Waals surface area contributed by atoms with Crippen molar-refractivity contribution in [2.24, 2.45) is 13.0 Å². The normalized spacial score (nSPS) is 16.0. The summed E-state index contributed by atoms with van der Waals surface area (Å²) in [5, 5.41) is 27.2. The molecule has 2 saturated heterocycles. The summed E-state index contributed by atoms with van der Waals surface area (Å²) in [6.45, 7) is 9.71. The number of hydrogen-bond donors (Lipinski definition) is 3. The lowest BCUT2D eigenvalue weighted by molar-refractivity contribution is -0.878. The van der Waals surface area contributed by atoms with E-state index in [4.69, 9.17) is 0 Å². The lowest BCUT2D eigenvalue weighted by atomic mass is 10.0. The third-order valence-corrected chi connectivity index (χ3v) is 11.8. The molecule has 2 aliphatic heterocycles. The molecule has 17 nitrogen and oxygen atoms in total. The number of quaternary nitrogens is 1. The number of rotatable bonds is 13. The number of likely N-dealkylation sites (N-methyl/N-ethyl adjacent to an activating group) is 1. The quantitative estimate of drug-likeness (QED) is 0.148. The van der Waals surface area contributed by atoms with Crippen LogP contribution in [-0.2, 0) is 23.2 Å². The minimum Gasteiger partial charge on any atom is -0.395 e. The Hall–Kier alpha value is -6.60. The minimum absolute atomic E-state index is 0.0219. The first kappa shape index (κ1) is 44.5. The molecule has 2 fully saturated rings. The number of likely N-dealkylation sites (tertiary alicyclic amines) is 1. The molecule has 332 valence electrons. The number of imidazole rings is 1. The number of piperazine rings is 1. The van der Waals surface area contributed by atoms with Gasteiger partial charge in [0.2, 0.25) is 11.8 Å². The first-order valence-electron chi connectivity index (χ1n) is 20.9. The number of halogens is 2. The third-order valence-electron chi connectivity index (χ3n) is 11.8. The number of nitrogens with one attached hydrogen (secondary N) is 2. The second kappa shape index (κ2) is 18.4. The number of carbonyl (C=O) groups is 4. The molecule has 0 aliphatic carbocycles. The molecule has 0 bridgehead atoms. The number of nitrogens with zero attached hydrogens (tertiary/aromatic N) is 10. The SMILES string of the molecule is CCN(CCO)c1ccc(NC(=O)Cn2cc(-c3ccc(-c4cnc(C(=O)Nc5ccc(C(=O)N6CCN(C(=O)C7CC[N+](C)(C)C7)CC6)c(C)c5)n4C)c(F)c3F)c(C)n2)nn1. The zero-order valence-corrected chi connectivity index (χ0v) is 36.4. The Balaban J connectivity index is 0.964. The van der Waals surface area contributed by atoms with Crippen LogP contribution in [0.15, 0.2) is 54.9 Å². The molecule has 2 aromatic carbocycles. The fourth-order valence-corrected chi connectivity index (χ4v) is 8.35. The molecular formula is C44H53F2N12O5+. The van der Waals surface area contributed by atoms with E-state index >= 15 is 8.78 Å². The van der Waals surface area contributed by atoms with E-state index in [2.05, 4.69) is 45.0 Å². The van der Waals surface area contributed by atoms with Gasteiger partial charge in [0.05, 0.1) is 57.3 Å². The van der Waals surface area contributed by atoms with Crippen molar-refractivity contribution in [3.8, 4) is 22.4 Å². The zero-order chi connectivity index (χ0) is 45.2. The van der Waals surface area contributed by atoms with E-state index in [-0.39, 0.29) is 64.9 Å². The molecule has 0 spiro atoms. The summed E-state index contributed by atoms with van der Waals surface area (Å²) in [6.07, 6.45) is 3.62. The molecule has 7 rings (SSSR count). The summed E-state index contributed by atoms with van der Waals surface area (Å²) < 4.78 is 35.2. The summed E-state index contributed by atoms with van der Waals surface area (Å²) >= 11 is 0. The molecule has 5 heterocycles. The van der Waals surface area contributed by atoms with Gasteiger partial charge in [-0.3, -0.25) is 23.9 Å². The molecule has 2 aliphatic rings. The van der Waals surface area contributed by atoms with Gasteiger partial charge in [0.25, 0.3) is 11.8 Å². The van der Waals surface area contributed by atoms with E-state index in [1.807, 2.05) is 16.7 Å². The monoisotopic (exact) mass is 867 g/mol. The molecule has 0 saturated carbocycles. The highest BCUT2D eigenvalue weighted by molar-refractivity contribution is 6.03. The van der Waals surface area contributed by atoms with E-state index < -0.39 is 23.4 Å². The number of anilines is 3. The summed E-state index contributed by atoms with van der Waals surface area (Å²) in [5.74, 6) is -2.60. The highest BCUT2D eigenvalue weighted by Crippen LogP contribution is 2.33. The van der Waals surface area contributed by atoms with Gasteiger partial charge in [-0.2, -0.15) is 5.10 Å². The van der Waals surface area contributed by atoms with Crippen LogP contribution in [0.25, 0.3) is 22.4 Å². The molecule has 19 heteroatoms. The average molecular weight is 868 g/mol. The Bertz CT molecular complexity index is 2530. The largest absolute Gasteiger partial charge is 0.395 e. The molecule has 1 atom stereocenters. The maximum absolute atomic E-state index is 15.8. The van der Waals surface area contributed by atoms with Crippen LogP contribution in [0.3, 0.4) is 0 Å². The van der Waals surface area contributed by atoms with E-state index in [9.17, 15) is 24.3 Å². The number of aromatic nitrogens is 6. The van der Waals surface area contributed by atoms with Gasteiger partial charge in [0, 0.05) is 86.9 Å². The number of carbonyl (C=O) groups excluding carboxylic acids is 4. The fraction of sp³-hybridized carbons (Fsp3) is 0.409. The van der Waals surface area contributed by atoms with Crippen LogP contribution in [-0.4, -0.2) is 146 Å². The lowest BCUT2D eigenvalue weighted by Gasteiger charge is -2.36. The molecule has 5 aromatic rings.